The number of hydrogen-bond acceptors (Lipinski definition) is 3. The molecule has 0 saturated heterocycles. The Labute approximate surface area is 147 Å². The number of rotatable bonds is 8. The third-order valence-electron chi connectivity index (χ3n) is 4.33. The van der Waals surface area contributed by atoms with Crippen molar-refractivity contribution in [1.82, 2.24) is 15.1 Å². The zero-order valence-electron chi connectivity index (χ0n) is 14.9. The molecular formula is C19H25N3O3. The van der Waals surface area contributed by atoms with Gasteiger partial charge >= 0.3 is 5.97 Å². The number of carbonyl (C=O) groups is 2. The quantitative estimate of drug-likeness (QED) is 0.768. The van der Waals surface area contributed by atoms with Crippen LogP contribution in [0.2, 0.25) is 0 Å². The summed E-state index contributed by atoms with van der Waals surface area (Å²) < 4.78 is 1.88. The van der Waals surface area contributed by atoms with E-state index in [4.69, 9.17) is 5.11 Å². The van der Waals surface area contributed by atoms with E-state index in [9.17, 15) is 9.59 Å². The van der Waals surface area contributed by atoms with Gasteiger partial charge in [0.1, 0.15) is 5.69 Å². The van der Waals surface area contributed by atoms with Crippen molar-refractivity contribution in [2.75, 3.05) is 0 Å². The number of amides is 1. The zero-order valence-corrected chi connectivity index (χ0v) is 14.9. The Kier molecular flexibility index (Phi) is 6.33. The van der Waals surface area contributed by atoms with E-state index >= 15 is 0 Å². The molecule has 2 aromatic rings. The van der Waals surface area contributed by atoms with Crippen LogP contribution in [0.15, 0.2) is 36.4 Å². The number of benzene rings is 1. The molecule has 6 heteroatoms. The Bertz CT molecular complexity index is 721. The van der Waals surface area contributed by atoms with Crippen LogP contribution in [0, 0.1) is 6.92 Å². The molecule has 1 heterocycles. The minimum atomic E-state index is -0.965. The second-order valence-electron chi connectivity index (χ2n) is 6.12. The summed E-state index contributed by atoms with van der Waals surface area (Å²) in [7, 11) is 0. The molecule has 2 N–H and O–H groups in total. The highest BCUT2D eigenvalue weighted by molar-refractivity contribution is 5.93. The first kappa shape index (κ1) is 18.7. The SMILES string of the molecule is CCC(CC)n1nc(C(=O)NC(CC(=O)O)c2ccccc2)cc1C. The molecule has 0 aliphatic heterocycles. The van der Waals surface area contributed by atoms with Gasteiger partial charge in [0.25, 0.3) is 5.91 Å². The van der Waals surface area contributed by atoms with E-state index in [0.29, 0.717) is 5.69 Å². The Morgan fingerprint density at radius 1 is 1.20 bits per heavy atom. The summed E-state index contributed by atoms with van der Waals surface area (Å²) in [6.45, 7) is 6.11. The van der Waals surface area contributed by atoms with Crippen LogP contribution in [0.5, 0.6) is 0 Å². The molecule has 134 valence electrons. The maximum absolute atomic E-state index is 12.6. The van der Waals surface area contributed by atoms with Gasteiger partial charge in [0.2, 0.25) is 0 Å². The summed E-state index contributed by atoms with van der Waals surface area (Å²) in [6.07, 6.45) is 1.69. The van der Waals surface area contributed by atoms with E-state index in [1.165, 1.54) is 0 Å². The Hall–Kier alpha value is -2.63. The van der Waals surface area contributed by atoms with E-state index in [0.717, 1.165) is 24.1 Å². The third-order valence-corrected chi connectivity index (χ3v) is 4.33. The first-order valence-electron chi connectivity index (χ1n) is 8.60. The summed E-state index contributed by atoms with van der Waals surface area (Å²) in [5.74, 6) is -1.32. The highest BCUT2D eigenvalue weighted by Crippen LogP contribution is 2.20. The second-order valence-corrected chi connectivity index (χ2v) is 6.12. The highest BCUT2D eigenvalue weighted by Gasteiger charge is 2.21. The van der Waals surface area contributed by atoms with Gasteiger partial charge in [-0.1, -0.05) is 44.2 Å². The number of hydrogen-bond donors (Lipinski definition) is 2. The number of nitrogens with zero attached hydrogens (tertiary/aromatic N) is 2. The van der Waals surface area contributed by atoms with E-state index in [1.54, 1.807) is 6.07 Å². The van der Waals surface area contributed by atoms with Gasteiger partial charge in [-0.3, -0.25) is 14.3 Å². The fraction of sp³-hybridized carbons (Fsp3) is 0.421. The predicted octanol–water partition coefficient (Wildman–Crippen LogP) is 3.50. The van der Waals surface area contributed by atoms with Crippen molar-refractivity contribution in [3.63, 3.8) is 0 Å². The first-order chi connectivity index (χ1) is 12.0. The first-order valence-corrected chi connectivity index (χ1v) is 8.60. The molecule has 0 bridgehead atoms. The number of aromatic nitrogens is 2. The standard InChI is InChI=1S/C19H25N3O3/c1-4-15(5-2)22-13(3)11-17(21-22)19(25)20-16(12-18(23)24)14-9-7-6-8-10-14/h6-11,15-16H,4-5,12H2,1-3H3,(H,20,25)(H,23,24). The van der Waals surface area contributed by atoms with Gasteiger partial charge in [0, 0.05) is 5.69 Å². The molecule has 25 heavy (non-hydrogen) atoms. The number of aryl methyl sites for hydroxylation is 1. The topological polar surface area (TPSA) is 84.2 Å². The molecule has 1 amide bonds. The number of carboxylic acid groups (broad SMARTS) is 1. The molecule has 0 spiro atoms. The van der Waals surface area contributed by atoms with Crippen molar-refractivity contribution in [2.45, 2.75) is 52.1 Å². The molecule has 0 saturated carbocycles. The Balaban J connectivity index is 2.21. The van der Waals surface area contributed by atoms with Gasteiger partial charge in [0.05, 0.1) is 18.5 Å². The normalized spacial score (nSPS) is 12.2. The molecule has 0 fully saturated rings. The fourth-order valence-electron chi connectivity index (χ4n) is 2.95. The van der Waals surface area contributed by atoms with Crippen molar-refractivity contribution in [1.29, 1.82) is 0 Å². The van der Waals surface area contributed by atoms with E-state index < -0.39 is 12.0 Å². The van der Waals surface area contributed by atoms with E-state index in [1.807, 2.05) is 41.9 Å². The smallest absolute Gasteiger partial charge is 0.305 e. The molecule has 1 aromatic heterocycles. The van der Waals surface area contributed by atoms with Crippen molar-refractivity contribution in [2.24, 2.45) is 0 Å². The molecule has 1 atom stereocenters. The van der Waals surface area contributed by atoms with Crippen molar-refractivity contribution in [3.05, 3.63) is 53.3 Å². The lowest BCUT2D eigenvalue weighted by atomic mass is 10.0. The molecule has 6 nitrogen and oxygen atoms in total. The number of aliphatic carboxylic acids is 1. The predicted molar refractivity (Wildman–Crippen MR) is 95.5 cm³/mol. The van der Waals surface area contributed by atoms with Crippen LogP contribution < -0.4 is 5.32 Å². The molecular weight excluding hydrogens is 318 g/mol. The lowest BCUT2D eigenvalue weighted by Crippen LogP contribution is -2.30. The lowest BCUT2D eigenvalue weighted by Gasteiger charge is -2.17. The minimum absolute atomic E-state index is 0.179. The average Bonchev–Trinajstić information content (AvgIpc) is 2.98. The molecule has 0 aliphatic rings. The van der Waals surface area contributed by atoms with Crippen LogP contribution in [0.25, 0.3) is 0 Å². The van der Waals surface area contributed by atoms with Gasteiger partial charge < -0.3 is 10.4 Å². The molecule has 1 unspecified atom stereocenters. The average molecular weight is 343 g/mol. The number of carbonyl (C=O) groups excluding carboxylic acids is 1. The van der Waals surface area contributed by atoms with Gasteiger partial charge in [-0.15, -0.1) is 0 Å². The highest BCUT2D eigenvalue weighted by atomic mass is 16.4. The molecule has 0 aliphatic carbocycles. The molecule has 1 aromatic carbocycles. The Morgan fingerprint density at radius 3 is 2.40 bits per heavy atom. The number of nitrogens with one attached hydrogen (secondary N) is 1. The summed E-state index contributed by atoms with van der Waals surface area (Å²) in [5.41, 5.74) is 2.00. The van der Waals surface area contributed by atoms with Crippen LogP contribution >= 0.6 is 0 Å². The van der Waals surface area contributed by atoms with Crippen LogP contribution in [-0.2, 0) is 4.79 Å². The molecule has 0 radical (unpaired) electrons. The summed E-state index contributed by atoms with van der Waals surface area (Å²) in [5, 5.41) is 16.4. The maximum atomic E-state index is 12.6. The van der Waals surface area contributed by atoms with E-state index in [2.05, 4.69) is 24.3 Å². The largest absolute Gasteiger partial charge is 0.481 e. The van der Waals surface area contributed by atoms with Gasteiger partial charge in [-0.05, 0) is 31.4 Å². The summed E-state index contributed by atoms with van der Waals surface area (Å²) in [4.78, 5) is 23.8. The second kappa shape index (κ2) is 8.46. The monoisotopic (exact) mass is 343 g/mol. The van der Waals surface area contributed by atoms with Gasteiger partial charge in [-0.25, -0.2) is 0 Å². The van der Waals surface area contributed by atoms with E-state index in [-0.39, 0.29) is 18.4 Å². The van der Waals surface area contributed by atoms with Crippen LogP contribution in [-0.4, -0.2) is 26.8 Å². The minimum Gasteiger partial charge on any atom is -0.481 e. The van der Waals surface area contributed by atoms with Crippen LogP contribution in [0.4, 0.5) is 0 Å². The van der Waals surface area contributed by atoms with Gasteiger partial charge in [0.15, 0.2) is 0 Å². The zero-order chi connectivity index (χ0) is 18.4. The van der Waals surface area contributed by atoms with Crippen molar-refractivity contribution < 1.29 is 14.7 Å². The van der Waals surface area contributed by atoms with Crippen LogP contribution in [0.3, 0.4) is 0 Å². The lowest BCUT2D eigenvalue weighted by molar-refractivity contribution is -0.137. The van der Waals surface area contributed by atoms with Crippen LogP contribution in [0.1, 0.15) is 66.9 Å². The molecule has 2 rings (SSSR count). The van der Waals surface area contributed by atoms with Crippen molar-refractivity contribution >= 4 is 11.9 Å². The Morgan fingerprint density at radius 2 is 1.84 bits per heavy atom. The van der Waals surface area contributed by atoms with Gasteiger partial charge in [-0.2, -0.15) is 5.10 Å². The maximum Gasteiger partial charge on any atom is 0.305 e. The summed E-state index contributed by atoms with van der Waals surface area (Å²) in [6, 6.07) is 10.5. The fourth-order valence-corrected chi connectivity index (χ4v) is 2.95. The summed E-state index contributed by atoms with van der Waals surface area (Å²) >= 11 is 0. The number of carboxylic acids is 1. The third kappa shape index (κ3) is 4.68. The van der Waals surface area contributed by atoms with Crippen molar-refractivity contribution in [3.8, 4) is 0 Å².